The molecule has 0 bridgehead atoms. The van der Waals surface area contributed by atoms with Crippen LogP contribution >= 0.6 is 11.3 Å². The molecule has 0 atom stereocenters. The first-order valence-electron chi connectivity index (χ1n) is 4.46. The minimum absolute atomic E-state index is 0.174. The second-order valence-electron chi connectivity index (χ2n) is 3.18. The Hall–Kier alpha value is -1.00. The summed E-state index contributed by atoms with van der Waals surface area (Å²) in [4.78, 5) is 4.31. The lowest BCUT2D eigenvalue weighted by Crippen LogP contribution is -2.04. The van der Waals surface area contributed by atoms with Crippen molar-refractivity contribution in [2.45, 2.75) is 13.3 Å². The van der Waals surface area contributed by atoms with Gasteiger partial charge >= 0.3 is 0 Å². The van der Waals surface area contributed by atoms with E-state index >= 15 is 0 Å². The molecule has 0 radical (unpaired) electrons. The van der Waals surface area contributed by atoms with Crippen molar-refractivity contribution in [3.8, 4) is 0 Å². The number of hydrogen-bond donors (Lipinski definition) is 1. The molecule has 2 rings (SSSR count). The van der Waals surface area contributed by atoms with Gasteiger partial charge in [-0.3, -0.25) is 0 Å². The Kier molecular flexibility index (Phi) is 2.48. The van der Waals surface area contributed by atoms with E-state index in [2.05, 4.69) is 4.98 Å². The zero-order valence-electron chi connectivity index (χ0n) is 7.88. The van der Waals surface area contributed by atoms with E-state index in [1.807, 2.05) is 6.92 Å². The summed E-state index contributed by atoms with van der Waals surface area (Å²) in [6.45, 7) is 2.39. The van der Waals surface area contributed by atoms with Crippen molar-refractivity contribution in [2.24, 2.45) is 5.73 Å². The second kappa shape index (κ2) is 3.63. The third-order valence-corrected chi connectivity index (χ3v) is 3.01. The van der Waals surface area contributed by atoms with Crippen molar-refractivity contribution in [2.75, 3.05) is 6.54 Å². The average Bonchev–Trinajstić information content (AvgIpc) is 2.45. The van der Waals surface area contributed by atoms with Crippen molar-refractivity contribution in [1.82, 2.24) is 4.98 Å². The molecule has 14 heavy (non-hydrogen) atoms. The number of thiazole rings is 1. The van der Waals surface area contributed by atoms with E-state index in [-0.39, 0.29) is 5.82 Å². The molecular weight excluding hydrogens is 199 g/mol. The Morgan fingerprint density at radius 3 is 3.00 bits per heavy atom. The summed E-state index contributed by atoms with van der Waals surface area (Å²) in [5.74, 6) is -0.174. The molecule has 0 saturated heterocycles. The van der Waals surface area contributed by atoms with Crippen LogP contribution in [0, 0.1) is 12.7 Å². The molecule has 0 aliphatic carbocycles. The quantitative estimate of drug-likeness (QED) is 0.825. The monoisotopic (exact) mass is 210 g/mol. The maximum atomic E-state index is 13.4. The van der Waals surface area contributed by atoms with Gasteiger partial charge in [0.15, 0.2) is 0 Å². The zero-order valence-corrected chi connectivity index (χ0v) is 8.70. The molecule has 0 spiro atoms. The molecule has 1 aromatic carbocycles. The number of aryl methyl sites for hydroxylation is 1. The number of fused-ring (bicyclic) bond motifs is 1. The normalized spacial score (nSPS) is 11.1. The van der Waals surface area contributed by atoms with Crippen LogP contribution in [0.5, 0.6) is 0 Å². The van der Waals surface area contributed by atoms with Crippen molar-refractivity contribution in [3.05, 3.63) is 28.5 Å². The van der Waals surface area contributed by atoms with Crippen molar-refractivity contribution < 1.29 is 4.39 Å². The van der Waals surface area contributed by atoms with Crippen LogP contribution in [-0.2, 0) is 6.42 Å². The van der Waals surface area contributed by atoms with Crippen LogP contribution in [0.1, 0.15) is 10.6 Å². The Balaban J connectivity index is 2.58. The molecule has 4 heteroatoms. The molecule has 0 amide bonds. The molecular formula is C10H11FN2S. The molecule has 0 saturated carbocycles. The predicted molar refractivity (Wildman–Crippen MR) is 57.1 cm³/mol. The first-order valence-corrected chi connectivity index (χ1v) is 5.28. The summed E-state index contributed by atoms with van der Waals surface area (Å²) >= 11 is 1.51. The molecule has 1 heterocycles. The fraction of sp³-hybridized carbons (Fsp3) is 0.300. The van der Waals surface area contributed by atoms with E-state index in [9.17, 15) is 4.39 Å². The van der Waals surface area contributed by atoms with Gasteiger partial charge in [0.1, 0.15) is 5.82 Å². The van der Waals surface area contributed by atoms with Crippen LogP contribution in [0.4, 0.5) is 4.39 Å². The minimum Gasteiger partial charge on any atom is -0.330 e. The number of nitrogens with two attached hydrogens (primary N) is 1. The summed E-state index contributed by atoms with van der Waals surface area (Å²) in [5.41, 5.74) is 6.92. The summed E-state index contributed by atoms with van der Waals surface area (Å²) in [6.07, 6.45) is 0.568. The molecule has 0 aliphatic heterocycles. The van der Waals surface area contributed by atoms with E-state index < -0.39 is 0 Å². The molecule has 2 aromatic rings. The standard InChI is InChI=1S/C10H11FN2S/c1-6-13-9-4-7(2-3-12)8(11)5-10(9)14-6/h4-5H,2-3,12H2,1H3. The summed E-state index contributed by atoms with van der Waals surface area (Å²) in [5, 5.41) is 0.962. The summed E-state index contributed by atoms with van der Waals surface area (Å²) < 4.78 is 14.3. The van der Waals surface area contributed by atoms with Crippen LogP contribution in [0.25, 0.3) is 10.2 Å². The molecule has 2 nitrogen and oxygen atoms in total. The molecule has 0 fully saturated rings. The van der Waals surface area contributed by atoms with Gasteiger partial charge in [-0.25, -0.2) is 9.37 Å². The highest BCUT2D eigenvalue weighted by Crippen LogP contribution is 2.24. The van der Waals surface area contributed by atoms with Crippen molar-refractivity contribution in [3.63, 3.8) is 0 Å². The van der Waals surface area contributed by atoms with E-state index in [0.29, 0.717) is 18.5 Å². The number of hydrogen-bond acceptors (Lipinski definition) is 3. The van der Waals surface area contributed by atoms with E-state index in [4.69, 9.17) is 5.73 Å². The molecule has 74 valence electrons. The fourth-order valence-electron chi connectivity index (χ4n) is 1.45. The predicted octanol–water partition coefficient (Wildman–Crippen LogP) is 2.25. The highest BCUT2D eigenvalue weighted by atomic mass is 32.1. The lowest BCUT2D eigenvalue weighted by atomic mass is 10.1. The van der Waals surface area contributed by atoms with Crippen molar-refractivity contribution >= 4 is 21.6 Å². The molecule has 2 N–H and O–H groups in total. The maximum absolute atomic E-state index is 13.4. The van der Waals surface area contributed by atoms with Crippen molar-refractivity contribution in [1.29, 1.82) is 0 Å². The van der Waals surface area contributed by atoms with Crippen LogP contribution in [0.15, 0.2) is 12.1 Å². The topological polar surface area (TPSA) is 38.9 Å². The lowest BCUT2D eigenvalue weighted by Gasteiger charge is -2.00. The molecule has 0 unspecified atom stereocenters. The van der Waals surface area contributed by atoms with E-state index in [1.165, 1.54) is 11.3 Å². The van der Waals surface area contributed by atoms with Gasteiger partial charge in [0.25, 0.3) is 0 Å². The molecule has 1 aromatic heterocycles. The van der Waals surface area contributed by atoms with Gasteiger partial charge in [-0.15, -0.1) is 11.3 Å². The van der Waals surface area contributed by atoms with Crippen LogP contribution in [0.2, 0.25) is 0 Å². The Labute approximate surface area is 85.6 Å². The first-order chi connectivity index (χ1) is 6.70. The van der Waals surface area contributed by atoms with Gasteiger partial charge in [0.05, 0.1) is 15.2 Å². The van der Waals surface area contributed by atoms with Gasteiger partial charge in [-0.2, -0.15) is 0 Å². The average molecular weight is 210 g/mol. The van der Waals surface area contributed by atoms with Gasteiger partial charge in [0.2, 0.25) is 0 Å². The largest absolute Gasteiger partial charge is 0.330 e. The van der Waals surface area contributed by atoms with Crippen LogP contribution < -0.4 is 5.73 Å². The summed E-state index contributed by atoms with van der Waals surface area (Å²) in [6, 6.07) is 3.34. The highest BCUT2D eigenvalue weighted by molar-refractivity contribution is 7.18. The maximum Gasteiger partial charge on any atom is 0.128 e. The Morgan fingerprint density at radius 2 is 2.29 bits per heavy atom. The van der Waals surface area contributed by atoms with Gasteiger partial charge in [-0.1, -0.05) is 0 Å². The third kappa shape index (κ3) is 1.63. The minimum atomic E-state index is -0.174. The number of nitrogens with zero attached hydrogens (tertiary/aromatic N) is 1. The van der Waals surface area contributed by atoms with Gasteiger partial charge in [0, 0.05) is 0 Å². The number of rotatable bonds is 2. The Morgan fingerprint density at radius 1 is 1.50 bits per heavy atom. The van der Waals surface area contributed by atoms with Gasteiger partial charge in [-0.05, 0) is 37.6 Å². The van der Waals surface area contributed by atoms with Crippen LogP contribution in [-0.4, -0.2) is 11.5 Å². The first kappa shape index (κ1) is 9.55. The number of benzene rings is 1. The lowest BCUT2D eigenvalue weighted by molar-refractivity contribution is 0.612. The smallest absolute Gasteiger partial charge is 0.128 e. The Bertz CT molecular complexity index is 464. The summed E-state index contributed by atoms with van der Waals surface area (Å²) in [7, 11) is 0. The van der Waals surface area contributed by atoms with Crippen LogP contribution in [0.3, 0.4) is 0 Å². The highest BCUT2D eigenvalue weighted by Gasteiger charge is 2.07. The number of aromatic nitrogens is 1. The van der Waals surface area contributed by atoms with Gasteiger partial charge < -0.3 is 5.73 Å². The molecule has 0 aliphatic rings. The SMILES string of the molecule is Cc1nc2cc(CCN)c(F)cc2s1. The van der Waals surface area contributed by atoms with E-state index in [1.54, 1.807) is 12.1 Å². The number of halogens is 1. The second-order valence-corrected chi connectivity index (χ2v) is 4.42. The van der Waals surface area contributed by atoms with E-state index in [0.717, 1.165) is 15.2 Å². The fourth-order valence-corrected chi connectivity index (χ4v) is 2.29. The third-order valence-electron chi connectivity index (χ3n) is 2.08. The zero-order chi connectivity index (χ0) is 10.1.